The molecule has 0 radical (unpaired) electrons. The molecule has 0 aromatic heterocycles. The quantitative estimate of drug-likeness (QED) is 0.823. The van der Waals surface area contributed by atoms with Crippen LogP contribution in [0.4, 0.5) is 8.78 Å². The summed E-state index contributed by atoms with van der Waals surface area (Å²) in [6, 6.07) is 4.02. The number of ether oxygens (including phenoxy) is 2. The maximum atomic E-state index is 12.2. The van der Waals surface area contributed by atoms with E-state index in [2.05, 4.69) is 9.47 Å². The second-order valence-corrected chi connectivity index (χ2v) is 3.19. The van der Waals surface area contributed by atoms with Crippen molar-refractivity contribution < 1.29 is 23.0 Å². The molecule has 0 amide bonds. The van der Waals surface area contributed by atoms with E-state index >= 15 is 0 Å². The molecule has 0 fully saturated rings. The first kappa shape index (κ1) is 13.9. The number of nitriles is 1. The Labute approximate surface area is 102 Å². The van der Waals surface area contributed by atoms with E-state index in [4.69, 9.17) is 11.0 Å². The minimum Gasteiger partial charge on any atom is -0.465 e. The van der Waals surface area contributed by atoms with Gasteiger partial charge < -0.3 is 15.2 Å². The highest BCUT2D eigenvalue weighted by molar-refractivity contribution is 5.92. The molecule has 0 saturated heterocycles. The van der Waals surface area contributed by atoms with Gasteiger partial charge in [-0.15, -0.1) is 0 Å². The molecule has 1 rings (SSSR count). The molecule has 18 heavy (non-hydrogen) atoms. The molecular weight excluding hydrogens is 246 g/mol. The molecule has 0 heterocycles. The van der Waals surface area contributed by atoms with Crippen LogP contribution in [0.5, 0.6) is 5.75 Å². The van der Waals surface area contributed by atoms with Crippen LogP contribution in [0.2, 0.25) is 0 Å². The predicted molar refractivity (Wildman–Crippen MR) is 57.0 cm³/mol. The van der Waals surface area contributed by atoms with Crippen LogP contribution in [0, 0.1) is 11.3 Å². The normalized spacial score (nSPS) is 10.0. The fourth-order valence-electron chi connectivity index (χ4n) is 1.36. The molecule has 1 aromatic rings. The van der Waals surface area contributed by atoms with Gasteiger partial charge in [0, 0.05) is 12.1 Å². The lowest BCUT2D eigenvalue weighted by atomic mass is 10.0. The summed E-state index contributed by atoms with van der Waals surface area (Å²) in [5, 5.41) is 8.87. The first-order chi connectivity index (χ1) is 8.53. The largest absolute Gasteiger partial charge is 0.465 e. The maximum Gasteiger partial charge on any atom is 0.387 e. The van der Waals surface area contributed by atoms with Crippen molar-refractivity contribution in [2.75, 3.05) is 7.11 Å². The number of esters is 1. The lowest BCUT2D eigenvalue weighted by molar-refractivity contribution is -0.0505. The number of halogens is 2. The van der Waals surface area contributed by atoms with Gasteiger partial charge >= 0.3 is 12.6 Å². The molecule has 0 unspecified atom stereocenters. The van der Waals surface area contributed by atoms with Crippen LogP contribution in [-0.4, -0.2) is 19.7 Å². The van der Waals surface area contributed by atoms with Gasteiger partial charge in [0.05, 0.1) is 18.2 Å². The first-order valence-electron chi connectivity index (χ1n) is 4.83. The summed E-state index contributed by atoms with van der Waals surface area (Å²) < 4.78 is 33.1. The van der Waals surface area contributed by atoms with Crippen LogP contribution >= 0.6 is 0 Å². The van der Waals surface area contributed by atoms with Gasteiger partial charge in [0.25, 0.3) is 0 Å². The Balaban J connectivity index is 3.35. The monoisotopic (exact) mass is 256 g/mol. The lowest BCUT2D eigenvalue weighted by Crippen LogP contribution is -2.11. The summed E-state index contributed by atoms with van der Waals surface area (Å²) in [5.41, 5.74) is 5.41. The number of alkyl halides is 2. The average Bonchev–Trinajstić information content (AvgIpc) is 2.36. The molecule has 0 aliphatic rings. The molecule has 7 heteroatoms. The zero-order valence-electron chi connectivity index (χ0n) is 9.44. The fourth-order valence-corrected chi connectivity index (χ4v) is 1.36. The lowest BCUT2D eigenvalue weighted by Gasteiger charge is -2.12. The zero-order chi connectivity index (χ0) is 13.7. The third-order valence-electron chi connectivity index (χ3n) is 2.16. The number of rotatable bonds is 4. The summed E-state index contributed by atoms with van der Waals surface area (Å²) in [5.74, 6) is -1.05. The van der Waals surface area contributed by atoms with Crippen molar-refractivity contribution in [2.24, 2.45) is 5.73 Å². The Kier molecular flexibility index (Phi) is 4.57. The molecule has 0 aliphatic heterocycles. The van der Waals surface area contributed by atoms with Crippen molar-refractivity contribution in [3.05, 3.63) is 28.8 Å². The summed E-state index contributed by atoms with van der Waals surface area (Å²) in [6.07, 6.45) is 0. The fraction of sp³-hybridized carbons (Fsp3) is 0.273. The van der Waals surface area contributed by atoms with Crippen LogP contribution in [0.1, 0.15) is 21.5 Å². The number of nitrogens with two attached hydrogens (primary N) is 1. The second kappa shape index (κ2) is 5.93. The summed E-state index contributed by atoms with van der Waals surface area (Å²) in [6.45, 7) is -3.15. The van der Waals surface area contributed by atoms with E-state index in [1.165, 1.54) is 6.07 Å². The Morgan fingerprint density at radius 2 is 2.22 bits per heavy atom. The molecule has 0 saturated carbocycles. The minimum atomic E-state index is -3.05. The number of hydrogen-bond acceptors (Lipinski definition) is 5. The number of carbonyl (C=O) groups excluding carboxylic acids is 1. The first-order valence-corrected chi connectivity index (χ1v) is 4.83. The van der Waals surface area contributed by atoms with E-state index in [1.807, 2.05) is 0 Å². The van der Waals surface area contributed by atoms with E-state index in [-0.39, 0.29) is 29.0 Å². The van der Waals surface area contributed by atoms with Crippen LogP contribution in [0.25, 0.3) is 0 Å². The van der Waals surface area contributed by atoms with E-state index in [0.29, 0.717) is 0 Å². The van der Waals surface area contributed by atoms with E-state index in [9.17, 15) is 13.6 Å². The number of benzene rings is 1. The van der Waals surface area contributed by atoms with E-state index in [1.54, 1.807) is 6.07 Å². The Hall–Kier alpha value is -2.20. The van der Waals surface area contributed by atoms with Crippen molar-refractivity contribution >= 4 is 5.97 Å². The van der Waals surface area contributed by atoms with Crippen LogP contribution < -0.4 is 10.5 Å². The molecule has 0 aliphatic carbocycles. The van der Waals surface area contributed by atoms with Crippen molar-refractivity contribution in [3.63, 3.8) is 0 Å². The third-order valence-corrected chi connectivity index (χ3v) is 2.16. The summed E-state index contributed by atoms with van der Waals surface area (Å²) in [4.78, 5) is 11.4. The molecular formula is C11H10F2N2O3. The molecule has 0 bridgehead atoms. The van der Waals surface area contributed by atoms with Crippen molar-refractivity contribution in [1.29, 1.82) is 5.26 Å². The van der Waals surface area contributed by atoms with Gasteiger partial charge in [-0.05, 0) is 12.1 Å². The van der Waals surface area contributed by atoms with Crippen LogP contribution in [-0.2, 0) is 11.3 Å². The number of methoxy groups -OCH3 is 1. The average molecular weight is 256 g/mol. The van der Waals surface area contributed by atoms with E-state index < -0.39 is 12.6 Å². The maximum absolute atomic E-state index is 12.2. The molecule has 0 atom stereocenters. The standard InChI is InChI=1S/C11H10F2N2O3/c1-17-10(16)8-3-9(18-11(12)13)7(5-15)2-6(8)4-14/h2-3,11H,5,15H2,1H3. The molecule has 5 nitrogen and oxygen atoms in total. The van der Waals surface area contributed by atoms with Gasteiger partial charge in [-0.3, -0.25) is 0 Å². The Morgan fingerprint density at radius 1 is 1.56 bits per heavy atom. The highest BCUT2D eigenvalue weighted by atomic mass is 19.3. The number of carbonyl (C=O) groups is 1. The van der Waals surface area contributed by atoms with E-state index in [0.717, 1.165) is 13.2 Å². The SMILES string of the molecule is COC(=O)c1cc(OC(F)F)c(CN)cc1C#N. The van der Waals surface area contributed by atoms with Gasteiger partial charge in [0.1, 0.15) is 11.8 Å². The van der Waals surface area contributed by atoms with Gasteiger partial charge in [0.2, 0.25) is 0 Å². The molecule has 0 spiro atoms. The highest BCUT2D eigenvalue weighted by Gasteiger charge is 2.18. The molecule has 96 valence electrons. The number of hydrogen-bond donors (Lipinski definition) is 1. The number of nitrogens with zero attached hydrogens (tertiary/aromatic N) is 1. The second-order valence-electron chi connectivity index (χ2n) is 3.19. The van der Waals surface area contributed by atoms with Gasteiger partial charge in [-0.1, -0.05) is 0 Å². The summed E-state index contributed by atoms with van der Waals surface area (Å²) >= 11 is 0. The zero-order valence-corrected chi connectivity index (χ0v) is 9.44. The molecule has 1 aromatic carbocycles. The topological polar surface area (TPSA) is 85.3 Å². The highest BCUT2D eigenvalue weighted by Crippen LogP contribution is 2.25. The van der Waals surface area contributed by atoms with Crippen molar-refractivity contribution in [2.45, 2.75) is 13.2 Å². The smallest absolute Gasteiger partial charge is 0.387 e. The predicted octanol–water partition coefficient (Wildman–Crippen LogP) is 1.40. The van der Waals surface area contributed by atoms with Crippen molar-refractivity contribution in [3.8, 4) is 11.8 Å². The third kappa shape index (κ3) is 2.93. The van der Waals surface area contributed by atoms with Crippen molar-refractivity contribution in [1.82, 2.24) is 0 Å². The van der Waals surface area contributed by atoms with Gasteiger partial charge in [-0.25, -0.2) is 4.79 Å². The Bertz CT molecular complexity index is 498. The van der Waals surface area contributed by atoms with Crippen LogP contribution in [0.3, 0.4) is 0 Å². The minimum absolute atomic E-state index is 0.0103. The molecule has 2 N–H and O–H groups in total. The summed E-state index contributed by atoms with van der Waals surface area (Å²) in [7, 11) is 1.12. The van der Waals surface area contributed by atoms with Crippen LogP contribution in [0.15, 0.2) is 12.1 Å². The van der Waals surface area contributed by atoms with Gasteiger partial charge in [-0.2, -0.15) is 14.0 Å². The Morgan fingerprint density at radius 3 is 2.67 bits per heavy atom. The van der Waals surface area contributed by atoms with Gasteiger partial charge in [0.15, 0.2) is 0 Å².